The fourth-order valence-corrected chi connectivity index (χ4v) is 8.09. The number of piperidine rings is 1. The van der Waals surface area contributed by atoms with Crippen molar-refractivity contribution in [3.8, 4) is 0 Å². The van der Waals surface area contributed by atoms with Crippen molar-refractivity contribution in [3.05, 3.63) is 0 Å². The molecule has 30 heavy (non-hydrogen) atoms. The highest BCUT2D eigenvalue weighted by molar-refractivity contribution is 7.89. The van der Waals surface area contributed by atoms with Crippen LogP contribution in [-0.2, 0) is 10.0 Å². The molecule has 12 heteroatoms. The van der Waals surface area contributed by atoms with Crippen LogP contribution in [0.4, 0.5) is 13.2 Å². The molecule has 6 atom stereocenters. The minimum absolute atomic E-state index is 0.00559. The molecule has 0 spiro atoms. The molecule has 0 aromatic carbocycles. The molecule has 0 amide bonds. The molecule has 5 fully saturated rings. The van der Waals surface area contributed by atoms with Crippen molar-refractivity contribution in [2.45, 2.75) is 61.8 Å². The summed E-state index contributed by atoms with van der Waals surface area (Å²) in [6.07, 6.45) is -1.66. The second-order valence-corrected chi connectivity index (χ2v) is 11.5. The summed E-state index contributed by atoms with van der Waals surface area (Å²) in [5, 5.41) is 6.39. The summed E-state index contributed by atoms with van der Waals surface area (Å²) in [4.78, 5) is 0. The zero-order valence-electron chi connectivity index (χ0n) is 16.9. The summed E-state index contributed by atoms with van der Waals surface area (Å²) in [6, 6.07) is 0.231. The molecule has 5 aliphatic rings. The Morgan fingerprint density at radius 2 is 1.77 bits per heavy atom. The Morgan fingerprint density at radius 3 is 2.57 bits per heavy atom. The van der Waals surface area contributed by atoms with E-state index < -0.39 is 33.5 Å². The van der Waals surface area contributed by atoms with Crippen molar-refractivity contribution >= 4 is 10.0 Å². The standard InChI is InChI=1S/C18H31F3N6O2S/c19-18(20,21)13-4-5-22-16(8-13)26-11-14(10-24-26)30(28,29)27-7-6-25-17-12(9-23-25)2-1-3-15(17)27/h12-17,22-24H,1-11H2. The Bertz CT molecular complexity index is 747. The zero-order valence-corrected chi connectivity index (χ0v) is 17.8. The molecule has 4 saturated heterocycles. The number of piperazine rings is 1. The molecule has 0 aromatic heterocycles. The number of halogens is 3. The van der Waals surface area contributed by atoms with Crippen LogP contribution >= 0.6 is 0 Å². The van der Waals surface area contributed by atoms with Crippen LogP contribution in [0.25, 0.3) is 0 Å². The van der Waals surface area contributed by atoms with E-state index in [1.807, 2.05) is 0 Å². The molecule has 0 radical (unpaired) electrons. The molecule has 8 nitrogen and oxygen atoms in total. The van der Waals surface area contributed by atoms with Gasteiger partial charge in [-0.25, -0.2) is 18.4 Å². The van der Waals surface area contributed by atoms with Crippen molar-refractivity contribution < 1.29 is 21.6 Å². The van der Waals surface area contributed by atoms with Gasteiger partial charge in [0.2, 0.25) is 10.0 Å². The third kappa shape index (κ3) is 3.67. The number of nitrogens with one attached hydrogen (secondary N) is 3. The highest BCUT2D eigenvalue weighted by Gasteiger charge is 2.52. The lowest BCUT2D eigenvalue weighted by Gasteiger charge is -2.48. The van der Waals surface area contributed by atoms with Gasteiger partial charge in [-0.05, 0) is 38.1 Å². The van der Waals surface area contributed by atoms with E-state index in [4.69, 9.17) is 0 Å². The Morgan fingerprint density at radius 1 is 0.967 bits per heavy atom. The average Bonchev–Trinajstić information content (AvgIpc) is 3.37. The van der Waals surface area contributed by atoms with Crippen LogP contribution in [0.1, 0.15) is 32.1 Å². The van der Waals surface area contributed by atoms with Crippen LogP contribution in [0.15, 0.2) is 0 Å². The fraction of sp³-hybridized carbons (Fsp3) is 1.00. The summed E-state index contributed by atoms with van der Waals surface area (Å²) in [6.45, 7) is 2.81. The van der Waals surface area contributed by atoms with E-state index in [2.05, 4.69) is 21.2 Å². The Labute approximate surface area is 175 Å². The maximum Gasteiger partial charge on any atom is 0.391 e. The van der Waals surface area contributed by atoms with E-state index in [9.17, 15) is 21.6 Å². The molecule has 3 N–H and O–H groups in total. The van der Waals surface area contributed by atoms with Gasteiger partial charge in [0.15, 0.2) is 0 Å². The third-order valence-electron chi connectivity index (χ3n) is 7.69. The van der Waals surface area contributed by atoms with Gasteiger partial charge in [-0.15, -0.1) is 0 Å². The SMILES string of the molecule is O=S(=O)(C1CNN(C2CC(C(F)(F)F)CCN2)C1)N1CCN2NCC3CCCC1C32. The highest BCUT2D eigenvalue weighted by Crippen LogP contribution is 2.39. The number of hydrogen-bond acceptors (Lipinski definition) is 7. The van der Waals surface area contributed by atoms with Gasteiger partial charge in [0.05, 0.1) is 12.1 Å². The van der Waals surface area contributed by atoms with Crippen molar-refractivity contribution in [3.63, 3.8) is 0 Å². The first-order valence-corrected chi connectivity index (χ1v) is 12.6. The Balaban J connectivity index is 1.27. The number of sulfonamides is 1. The van der Waals surface area contributed by atoms with E-state index in [0.717, 1.165) is 25.8 Å². The van der Waals surface area contributed by atoms with Gasteiger partial charge in [-0.3, -0.25) is 10.9 Å². The molecule has 5 rings (SSSR count). The Hall–Kier alpha value is -0.500. The average molecular weight is 453 g/mol. The first-order chi connectivity index (χ1) is 14.2. The van der Waals surface area contributed by atoms with Crippen molar-refractivity contribution in [2.75, 3.05) is 39.3 Å². The number of hydrogen-bond donors (Lipinski definition) is 3. The lowest BCUT2D eigenvalue weighted by molar-refractivity contribution is -0.187. The second-order valence-electron chi connectivity index (χ2n) is 9.33. The summed E-state index contributed by atoms with van der Waals surface area (Å²) < 4.78 is 68.3. The molecule has 1 aliphatic carbocycles. The lowest BCUT2D eigenvalue weighted by atomic mass is 9.81. The van der Waals surface area contributed by atoms with Crippen molar-refractivity contribution in [1.82, 2.24) is 30.5 Å². The van der Waals surface area contributed by atoms with Crippen LogP contribution in [0.3, 0.4) is 0 Å². The lowest BCUT2D eigenvalue weighted by Crippen LogP contribution is -2.64. The molecular formula is C18H31F3N6O2S. The van der Waals surface area contributed by atoms with Crippen LogP contribution in [-0.4, -0.2) is 91.7 Å². The van der Waals surface area contributed by atoms with Crippen molar-refractivity contribution in [2.24, 2.45) is 11.8 Å². The van der Waals surface area contributed by atoms with E-state index in [0.29, 0.717) is 19.0 Å². The van der Waals surface area contributed by atoms with Gasteiger partial charge in [0, 0.05) is 44.8 Å². The molecule has 172 valence electrons. The van der Waals surface area contributed by atoms with Crippen molar-refractivity contribution in [1.29, 1.82) is 0 Å². The molecule has 0 bridgehead atoms. The van der Waals surface area contributed by atoms with Gasteiger partial charge in [-0.1, -0.05) is 6.42 Å². The van der Waals surface area contributed by atoms with Gasteiger partial charge in [-0.2, -0.15) is 17.5 Å². The van der Waals surface area contributed by atoms with Gasteiger partial charge in [0.25, 0.3) is 0 Å². The summed E-state index contributed by atoms with van der Waals surface area (Å²) in [7, 11) is -3.54. The molecule has 4 aliphatic heterocycles. The molecule has 6 unspecified atom stereocenters. The first kappa shape index (κ1) is 21.4. The van der Waals surface area contributed by atoms with Crippen LogP contribution in [0, 0.1) is 11.8 Å². The number of rotatable bonds is 3. The first-order valence-electron chi connectivity index (χ1n) is 11.1. The van der Waals surface area contributed by atoms with Gasteiger partial charge >= 0.3 is 6.18 Å². The molecular weight excluding hydrogens is 421 g/mol. The predicted octanol–water partition coefficient (Wildman–Crippen LogP) is 0.0661. The normalized spacial score (nSPS) is 41.8. The quantitative estimate of drug-likeness (QED) is 0.559. The predicted molar refractivity (Wildman–Crippen MR) is 104 cm³/mol. The van der Waals surface area contributed by atoms with E-state index in [-0.39, 0.29) is 44.6 Å². The number of alkyl halides is 3. The summed E-state index contributed by atoms with van der Waals surface area (Å²) in [5.41, 5.74) is 6.50. The minimum Gasteiger partial charge on any atom is -0.301 e. The van der Waals surface area contributed by atoms with Crippen LogP contribution in [0.2, 0.25) is 0 Å². The monoisotopic (exact) mass is 452 g/mol. The maximum atomic E-state index is 13.5. The number of hydrazine groups is 2. The smallest absolute Gasteiger partial charge is 0.301 e. The largest absolute Gasteiger partial charge is 0.391 e. The summed E-state index contributed by atoms with van der Waals surface area (Å²) in [5.74, 6) is -0.853. The van der Waals surface area contributed by atoms with E-state index in [1.165, 1.54) is 0 Å². The Kier molecular flexibility index (Phi) is 5.57. The van der Waals surface area contributed by atoms with Crippen LogP contribution < -0.4 is 16.2 Å². The maximum absolute atomic E-state index is 13.5. The third-order valence-corrected chi connectivity index (χ3v) is 9.96. The molecule has 0 aromatic rings. The zero-order chi connectivity index (χ0) is 21.1. The molecule has 4 heterocycles. The van der Waals surface area contributed by atoms with Gasteiger partial charge < -0.3 is 5.32 Å². The minimum atomic E-state index is -4.21. The van der Waals surface area contributed by atoms with Crippen LogP contribution in [0.5, 0.6) is 0 Å². The topological polar surface area (TPSA) is 80.0 Å². The van der Waals surface area contributed by atoms with Gasteiger partial charge in [0.1, 0.15) is 5.25 Å². The van der Waals surface area contributed by atoms with E-state index in [1.54, 1.807) is 9.31 Å². The fourth-order valence-electron chi connectivity index (χ4n) is 6.13. The molecule has 1 saturated carbocycles. The summed E-state index contributed by atoms with van der Waals surface area (Å²) >= 11 is 0. The second kappa shape index (κ2) is 7.82. The highest BCUT2D eigenvalue weighted by atomic mass is 32.2. The number of nitrogens with zero attached hydrogens (tertiary/aromatic N) is 3. The van der Waals surface area contributed by atoms with E-state index >= 15 is 0 Å².